The van der Waals surface area contributed by atoms with Crippen LogP contribution >= 0.6 is 0 Å². The van der Waals surface area contributed by atoms with E-state index in [1.54, 1.807) is 0 Å². The van der Waals surface area contributed by atoms with Gasteiger partial charge in [0, 0.05) is 18.2 Å². The Kier molecular flexibility index (Phi) is 7.25. The van der Waals surface area contributed by atoms with Crippen LogP contribution in [-0.4, -0.2) is 24.5 Å². The van der Waals surface area contributed by atoms with Crippen LogP contribution in [0.2, 0.25) is 0 Å². The van der Waals surface area contributed by atoms with Crippen LogP contribution in [0.5, 0.6) is 0 Å². The number of carbonyl (C=O) groups excluding carboxylic acids is 2. The fourth-order valence-electron chi connectivity index (χ4n) is 0.834. The summed E-state index contributed by atoms with van der Waals surface area (Å²) in [6, 6.07) is 0.115. The van der Waals surface area contributed by atoms with Crippen LogP contribution < -0.4 is 5.32 Å². The fraction of sp³-hybridized carbons (Fsp3) is 0.667. The van der Waals surface area contributed by atoms with E-state index in [9.17, 15) is 9.59 Å². The third-order valence-electron chi connectivity index (χ3n) is 1.93. The summed E-state index contributed by atoms with van der Waals surface area (Å²) in [7, 11) is 0. The predicted molar refractivity (Wildman–Crippen MR) is 62.8 cm³/mol. The molecule has 1 amide bonds. The van der Waals surface area contributed by atoms with Crippen molar-refractivity contribution >= 4 is 11.9 Å². The van der Waals surface area contributed by atoms with E-state index in [1.807, 2.05) is 27.7 Å². The lowest BCUT2D eigenvalue weighted by Crippen LogP contribution is -2.30. The molecular weight excluding hydrogens is 206 g/mol. The highest BCUT2D eigenvalue weighted by molar-refractivity contribution is 5.94. The second-order valence-corrected chi connectivity index (χ2v) is 4.18. The summed E-state index contributed by atoms with van der Waals surface area (Å²) in [4.78, 5) is 22.4. The van der Waals surface area contributed by atoms with Gasteiger partial charge in [-0.25, -0.2) is 4.79 Å². The van der Waals surface area contributed by atoms with Crippen LogP contribution in [0.25, 0.3) is 0 Å². The number of rotatable bonds is 6. The SMILES string of the molecule is CCC(C)NC(=O)/C=C\C(=O)OCC(C)C. The smallest absolute Gasteiger partial charge is 0.330 e. The molecule has 0 aliphatic heterocycles. The minimum absolute atomic E-state index is 0.115. The normalized spacial score (nSPS) is 12.8. The third-order valence-corrected chi connectivity index (χ3v) is 1.93. The van der Waals surface area contributed by atoms with Gasteiger partial charge in [0.1, 0.15) is 0 Å². The van der Waals surface area contributed by atoms with E-state index < -0.39 is 5.97 Å². The van der Waals surface area contributed by atoms with Gasteiger partial charge in [-0.15, -0.1) is 0 Å². The lowest BCUT2D eigenvalue weighted by atomic mass is 10.2. The molecule has 0 saturated heterocycles. The molecule has 92 valence electrons. The van der Waals surface area contributed by atoms with Gasteiger partial charge in [-0.3, -0.25) is 4.79 Å². The molecule has 0 heterocycles. The van der Waals surface area contributed by atoms with E-state index in [0.717, 1.165) is 12.5 Å². The summed E-state index contributed by atoms with van der Waals surface area (Å²) in [6.07, 6.45) is 3.21. The summed E-state index contributed by atoms with van der Waals surface area (Å²) in [5, 5.41) is 2.72. The van der Waals surface area contributed by atoms with Crippen LogP contribution in [0.1, 0.15) is 34.1 Å². The molecule has 0 rings (SSSR count). The molecular formula is C12H21NO3. The van der Waals surface area contributed by atoms with E-state index in [1.165, 1.54) is 6.08 Å². The summed E-state index contributed by atoms with van der Waals surface area (Å²) in [5.41, 5.74) is 0. The van der Waals surface area contributed by atoms with Gasteiger partial charge >= 0.3 is 5.97 Å². The van der Waals surface area contributed by atoms with Crippen molar-refractivity contribution in [3.05, 3.63) is 12.2 Å². The maximum absolute atomic E-state index is 11.2. The standard InChI is InChI=1S/C12H21NO3/c1-5-10(4)13-11(14)6-7-12(15)16-8-9(2)3/h6-7,9-10H,5,8H2,1-4H3,(H,13,14)/b7-6-. The van der Waals surface area contributed by atoms with Gasteiger partial charge in [0.15, 0.2) is 0 Å². The number of hydrogen-bond donors (Lipinski definition) is 1. The molecule has 0 fully saturated rings. The van der Waals surface area contributed by atoms with Crippen molar-refractivity contribution in [1.29, 1.82) is 0 Å². The quantitative estimate of drug-likeness (QED) is 0.554. The van der Waals surface area contributed by atoms with E-state index >= 15 is 0 Å². The Morgan fingerprint density at radius 1 is 1.25 bits per heavy atom. The minimum atomic E-state index is -0.479. The molecule has 0 bridgehead atoms. The summed E-state index contributed by atoms with van der Waals surface area (Å²) >= 11 is 0. The number of carbonyl (C=O) groups is 2. The van der Waals surface area contributed by atoms with Crippen LogP contribution in [0.4, 0.5) is 0 Å². The summed E-state index contributed by atoms with van der Waals surface area (Å²) < 4.78 is 4.88. The molecule has 0 aliphatic carbocycles. The van der Waals surface area contributed by atoms with Gasteiger partial charge in [0.25, 0.3) is 0 Å². The molecule has 1 atom stereocenters. The average Bonchev–Trinajstić information content (AvgIpc) is 2.23. The highest BCUT2D eigenvalue weighted by atomic mass is 16.5. The second kappa shape index (κ2) is 7.91. The first-order chi connectivity index (χ1) is 7.45. The maximum atomic E-state index is 11.2. The number of nitrogens with one attached hydrogen (secondary N) is 1. The van der Waals surface area contributed by atoms with Gasteiger partial charge in [0.05, 0.1) is 6.61 Å². The highest BCUT2D eigenvalue weighted by Gasteiger charge is 2.03. The Balaban J connectivity index is 3.89. The molecule has 4 heteroatoms. The fourth-order valence-corrected chi connectivity index (χ4v) is 0.834. The van der Waals surface area contributed by atoms with Gasteiger partial charge in [-0.05, 0) is 19.3 Å². The minimum Gasteiger partial charge on any atom is -0.462 e. The van der Waals surface area contributed by atoms with Crippen molar-refractivity contribution < 1.29 is 14.3 Å². The molecule has 0 radical (unpaired) electrons. The molecule has 1 unspecified atom stereocenters. The Hall–Kier alpha value is -1.32. The number of esters is 1. The van der Waals surface area contributed by atoms with Crippen molar-refractivity contribution in [3.8, 4) is 0 Å². The maximum Gasteiger partial charge on any atom is 0.330 e. The summed E-state index contributed by atoms with van der Waals surface area (Å²) in [6.45, 7) is 8.16. The average molecular weight is 227 g/mol. The molecule has 0 spiro atoms. The first-order valence-corrected chi connectivity index (χ1v) is 5.61. The molecule has 0 aromatic carbocycles. The van der Waals surface area contributed by atoms with Crippen molar-refractivity contribution in [3.63, 3.8) is 0 Å². The summed E-state index contributed by atoms with van der Waals surface area (Å²) in [5.74, 6) is -0.449. The zero-order chi connectivity index (χ0) is 12.6. The molecule has 4 nitrogen and oxygen atoms in total. The van der Waals surface area contributed by atoms with E-state index in [4.69, 9.17) is 4.74 Å². The lowest BCUT2D eigenvalue weighted by Gasteiger charge is -2.08. The Morgan fingerprint density at radius 3 is 2.38 bits per heavy atom. The van der Waals surface area contributed by atoms with Crippen LogP contribution in [0.3, 0.4) is 0 Å². The van der Waals surface area contributed by atoms with Crippen LogP contribution in [0.15, 0.2) is 12.2 Å². The predicted octanol–water partition coefficient (Wildman–Crippen LogP) is 1.66. The Bertz CT molecular complexity index is 259. The topological polar surface area (TPSA) is 55.4 Å². The van der Waals surface area contributed by atoms with Gasteiger partial charge < -0.3 is 10.1 Å². The third kappa shape index (κ3) is 8.03. The number of hydrogen-bond acceptors (Lipinski definition) is 3. The van der Waals surface area contributed by atoms with Crippen molar-refractivity contribution in [2.24, 2.45) is 5.92 Å². The van der Waals surface area contributed by atoms with E-state index in [2.05, 4.69) is 5.32 Å². The number of ether oxygens (including phenoxy) is 1. The first-order valence-electron chi connectivity index (χ1n) is 5.61. The van der Waals surface area contributed by atoms with Gasteiger partial charge in [0.2, 0.25) is 5.91 Å². The molecule has 16 heavy (non-hydrogen) atoms. The molecule has 0 aromatic rings. The first kappa shape index (κ1) is 14.7. The Morgan fingerprint density at radius 2 is 1.88 bits per heavy atom. The molecule has 0 aromatic heterocycles. The van der Waals surface area contributed by atoms with Crippen molar-refractivity contribution in [2.75, 3.05) is 6.61 Å². The zero-order valence-electron chi connectivity index (χ0n) is 10.4. The van der Waals surface area contributed by atoms with Crippen molar-refractivity contribution in [1.82, 2.24) is 5.32 Å². The van der Waals surface area contributed by atoms with Gasteiger partial charge in [-0.2, -0.15) is 0 Å². The van der Waals surface area contributed by atoms with Gasteiger partial charge in [-0.1, -0.05) is 20.8 Å². The molecule has 0 saturated carbocycles. The Labute approximate surface area is 97.1 Å². The zero-order valence-corrected chi connectivity index (χ0v) is 10.4. The monoisotopic (exact) mass is 227 g/mol. The largest absolute Gasteiger partial charge is 0.462 e. The number of amides is 1. The van der Waals surface area contributed by atoms with E-state index in [-0.39, 0.29) is 11.9 Å². The molecule has 0 aliphatic rings. The molecule has 1 N–H and O–H groups in total. The highest BCUT2D eigenvalue weighted by Crippen LogP contribution is 1.94. The van der Waals surface area contributed by atoms with E-state index in [0.29, 0.717) is 12.5 Å². The van der Waals surface area contributed by atoms with Crippen LogP contribution in [-0.2, 0) is 14.3 Å². The van der Waals surface area contributed by atoms with Crippen molar-refractivity contribution in [2.45, 2.75) is 40.2 Å². The van der Waals surface area contributed by atoms with Crippen LogP contribution in [0, 0.1) is 5.92 Å². The lowest BCUT2D eigenvalue weighted by molar-refractivity contribution is -0.139. The second-order valence-electron chi connectivity index (χ2n) is 4.18.